The average molecular weight is 359 g/mol. The summed E-state index contributed by atoms with van der Waals surface area (Å²) in [6, 6.07) is 12.1. The van der Waals surface area contributed by atoms with Crippen LogP contribution < -0.4 is 0 Å². The van der Waals surface area contributed by atoms with Crippen LogP contribution in [0.3, 0.4) is 0 Å². The number of imidazole rings is 1. The Kier molecular flexibility index (Phi) is 3.79. The molecular formula is C21H21N5O. The van der Waals surface area contributed by atoms with E-state index in [9.17, 15) is 4.79 Å². The number of rotatable bonds is 1. The number of carbonyl (C=O) groups is 1. The average Bonchev–Trinajstić information content (AvgIpc) is 3.08. The molecule has 27 heavy (non-hydrogen) atoms. The summed E-state index contributed by atoms with van der Waals surface area (Å²) in [5, 5.41) is 2.02. The van der Waals surface area contributed by atoms with Crippen molar-refractivity contribution < 1.29 is 4.79 Å². The van der Waals surface area contributed by atoms with Crippen LogP contribution in [0.25, 0.3) is 27.6 Å². The summed E-state index contributed by atoms with van der Waals surface area (Å²) in [4.78, 5) is 26.8. The monoisotopic (exact) mass is 359 g/mol. The standard InChI is InChI=1S/C21H21N5O/c1-24-8-4-9-25(12-11-24)21(27)17-14-16-13-15-5-2-3-6-18(15)23-19(16)26-10-7-22-20(17)26/h2-3,5-7,10,13-14H,4,8-9,11-12H2,1H3. The Morgan fingerprint density at radius 1 is 1.00 bits per heavy atom. The predicted octanol–water partition coefficient (Wildman–Crippen LogP) is 2.81. The fraction of sp³-hybridized carbons (Fsp3) is 0.286. The third-order valence-electron chi connectivity index (χ3n) is 5.38. The number of para-hydroxylation sites is 1. The van der Waals surface area contributed by atoms with Gasteiger partial charge in [0.15, 0.2) is 5.65 Å². The highest BCUT2D eigenvalue weighted by molar-refractivity contribution is 6.04. The van der Waals surface area contributed by atoms with Crippen LogP contribution in [-0.2, 0) is 0 Å². The Balaban J connectivity index is 1.68. The van der Waals surface area contributed by atoms with Gasteiger partial charge in [0.2, 0.25) is 0 Å². The van der Waals surface area contributed by atoms with E-state index in [-0.39, 0.29) is 5.91 Å². The molecular weight excluding hydrogens is 338 g/mol. The predicted molar refractivity (Wildman–Crippen MR) is 106 cm³/mol. The summed E-state index contributed by atoms with van der Waals surface area (Å²) in [6.45, 7) is 3.45. The largest absolute Gasteiger partial charge is 0.337 e. The quantitative estimate of drug-likeness (QED) is 0.491. The minimum atomic E-state index is 0.0524. The zero-order chi connectivity index (χ0) is 18.4. The van der Waals surface area contributed by atoms with Gasteiger partial charge in [-0.2, -0.15) is 0 Å². The zero-order valence-electron chi connectivity index (χ0n) is 15.3. The second kappa shape index (κ2) is 6.32. The Labute approximate surface area is 157 Å². The molecule has 1 aromatic carbocycles. The van der Waals surface area contributed by atoms with E-state index in [4.69, 9.17) is 4.98 Å². The van der Waals surface area contributed by atoms with Gasteiger partial charge in [0.1, 0.15) is 5.65 Å². The van der Waals surface area contributed by atoms with Crippen LogP contribution >= 0.6 is 0 Å². The van der Waals surface area contributed by atoms with Crippen molar-refractivity contribution in [1.82, 2.24) is 24.2 Å². The van der Waals surface area contributed by atoms with Crippen molar-refractivity contribution in [3.05, 3.63) is 54.4 Å². The molecule has 1 saturated heterocycles. The highest BCUT2D eigenvalue weighted by Crippen LogP contribution is 2.24. The lowest BCUT2D eigenvalue weighted by Gasteiger charge is -2.21. The molecule has 0 radical (unpaired) electrons. The van der Waals surface area contributed by atoms with Crippen LogP contribution in [0, 0.1) is 0 Å². The van der Waals surface area contributed by atoms with Crippen LogP contribution in [-0.4, -0.2) is 63.3 Å². The van der Waals surface area contributed by atoms with Gasteiger partial charge in [0.05, 0.1) is 11.1 Å². The van der Waals surface area contributed by atoms with Crippen molar-refractivity contribution in [2.45, 2.75) is 6.42 Å². The number of fused-ring (bicyclic) bond motifs is 4. The maximum Gasteiger partial charge on any atom is 0.257 e. The van der Waals surface area contributed by atoms with Gasteiger partial charge in [-0.05, 0) is 38.2 Å². The number of benzene rings is 1. The number of hydrogen-bond donors (Lipinski definition) is 0. The van der Waals surface area contributed by atoms with Crippen LogP contribution in [0.2, 0.25) is 0 Å². The minimum Gasteiger partial charge on any atom is -0.337 e. The first-order valence-corrected chi connectivity index (χ1v) is 9.34. The molecule has 0 atom stereocenters. The summed E-state index contributed by atoms with van der Waals surface area (Å²) in [6.07, 6.45) is 4.61. The van der Waals surface area contributed by atoms with Crippen LogP contribution in [0.5, 0.6) is 0 Å². The summed E-state index contributed by atoms with van der Waals surface area (Å²) >= 11 is 0. The lowest BCUT2D eigenvalue weighted by molar-refractivity contribution is 0.0764. The molecule has 0 aliphatic carbocycles. The number of hydrogen-bond acceptors (Lipinski definition) is 4. The molecule has 5 rings (SSSR count). The Bertz CT molecular complexity index is 1170. The molecule has 6 heteroatoms. The summed E-state index contributed by atoms with van der Waals surface area (Å²) in [5.74, 6) is 0.0524. The molecule has 1 aliphatic heterocycles. The van der Waals surface area contributed by atoms with E-state index in [0.717, 1.165) is 54.5 Å². The van der Waals surface area contributed by atoms with E-state index < -0.39 is 0 Å². The molecule has 4 aromatic rings. The summed E-state index contributed by atoms with van der Waals surface area (Å²) in [5.41, 5.74) is 3.09. The third kappa shape index (κ3) is 2.73. The number of likely N-dealkylation sites (N-methyl/N-ethyl adjacent to an activating group) is 1. The van der Waals surface area contributed by atoms with E-state index in [1.54, 1.807) is 6.20 Å². The van der Waals surface area contributed by atoms with Gasteiger partial charge in [-0.15, -0.1) is 0 Å². The van der Waals surface area contributed by atoms with Crippen molar-refractivity contribution in [3.63, 3.8) is 0 Å². The lowest BCUT2D eigenvalue weighted by Crippen LogP contribution is -2.34. The van der Waals surface area contributed by atoms with Crippen LogP contribution in [0.15, 0.2) is 48.8 Å². The molecule has 136 valence electrons. The molecule has 0 spiro atoms. The Morgan fingerprint density at radius 2 is 1.89 bits per heavy atom. The molecule has 1 amide bonds. The molecule has 0 unspecified atom stereocenters. The van der Waals surface area contributed by atoms with Gasteiger partial charge in [-0.3, -0.25) is 9.20 Å². The van der Waals surface area contributed by atoms with Crippen molar-refractivity contribution in [2.24, 2.45) is 0 Å². The third-order valence-corrected chi connectivity index (χ3v) is 5.38. The maximum absolute atomic E-state index is 13.3. The Hall–Kier alpha value is -2.99. The highest BCUT2D eigenvalue weighted by Gasteiger charge is 2.23. The van der Waals surface area contributed by atoms with E-state index in [2.05, 4.69) is 23.0 Å². The van der Waals surface area contributed by atoms with Gasteiger partial charge in [-0.25, -0.2) is 9.97 Å². The number of pyridine rings is 2. The molecule has 0 saturated carbocycles. The summed E-state index contributed by atoms with van der Waals surface area (Å²) in [7, 11) is 2.10. The second-order valence-electron chi connectivity index (χ2n) is 7.22. The number of amides is 1. The molecule has 1 aliphatic rings. The molecule has 0 bridgehead atoms. The molecule has 6 nitrogen and oxygen atoms in total. The SMILES string of the molecule is CN1CCCN(C(=O)c2cc3cc4ccccc4nc3n3ccnc23)CC1. The molecule has 4 heterocycles. The van der Waals surface area contributed by atoms with Crippen molar-refractivity contribution >= 4 is 33.5 Å². The number of nitrogens with zero attached hydrogens (tertiary/aromatic N) is 5. The molecule has 3 aromatic heterocycles. The zero-order valence-corrected chi connectivity index (χ0v) is 15.3. The number of carbonyl (C=O) groups excluding carboxylic acids is 1. The lowest BCUT2D eigenvalue weighted by atomic mass is 10.1. The number of aromatic nitrogens is 3. The molecule has 0 N–H and O–H groups in total. The van der Waals surface area contributed by atoms with E-state index in [1.807, 2.05) is 45.8 Å². The van der Waals surface area contributed by atoms with Gasteiger partial charge in [-0.1, -0.05) is 18.2 Å². The van der Waals surface area contributed by atoms with E-state index in [1.165, 1.54) is 0 Å². The molecule has 1 fully saturated rings. The normalized spacial score (nSPS) is 16.3. The van der Waals surface area contributed by atoms with Crippen LogP contribution in [0.4, 0.5) is 0 Å². The van der Waals surface area contributed by atoms with Gasteiger partial charge in [0, 0.05) is 42.8 Å². The van der Waals surface area contributed by atoms with Crippen molar-refractivity contribution in [3.8, 4) is 0 Å². The summed E-state index contributed by atoms with van der Waals surface area (Å²) < 4.78 is 1.93. The first-order valence-electron chi connectivity index (χ1n) is 9.34. The highest BCUT2D eigenvalue weighted by atomic mass is 16.2. The Morgan fingerprint density at radius 3 is 2.81 bits per heavy atom. The smallest absolute Gasteiger partial charge is 0.257 e. The fourth-order valence-corrected chi connectivity index (χ4v) is 3.89. The van der Waals surface area contributed by atoms with Crippen molar-refractivity contribution in [2.75, 3.05) is 33.2 Å². The second-order valence-corrected chi connectivity index (χ2v) is 7.22. The first kappa shape index (κ1) is 16.2. The van der Waals surface area contributed by atoms with Gasteiger partial charge >= 0.3 is 0 Å². The fourth-order valence-electron chi connectivity index (χ4n) is 3.89. The van der Waals surface area contributed by atoms with Crippen molar-refractivity contribution in [1.29, 1.82) is 0 Å². The van der Waals surface area contributed by atoms with Gasteiger partial charge in [0.25, 0.3) is 5.91 Å². The van der Waals surface area contributed by atoms with E-state index >= 15 is 0 Å². The minimum absolute atomic E-state index is 0.0524. The maximum atomic E-state index is 13.3. The van der Waals surface area contributed by atoms with Crippen LogP contribution in [0.1, 0.15) is 16.8 Å². The topological polar surface area (TPSA) is 53.7 Å². The van der Waals surface area contributed by atoms with Gasteiger partial charge < -0.3 is 9.80 Å². The van der Waals surface area contributed by atoms with E-state index in [0.29, 0.717) is 11.2 Å². The first-order chi connectivity index (χ1) is 13.2.